The molecule has 0 saturated carbocycles. The first-order valence-corrected chi connectivity index (χ1v) is 5.45. The molecule has 1 aromatic heterocycles. The first kappa shape index (κ1) is 10.9. The van der Waals surface area contributed by atoms with Crippen LogP contribution in [0.3, 0.4) is 0 Å². The van der Waals surface area contributed by atoms with E-state index in [1.807, 2.05) is 30.3 Å². The van der Waals surface area contributed by atoms with E-state index >= 15 is 0 Å². The highest BCUT2D eigenvalue weighted by atomic mass is 79.9. The molecule has 5 heteroatoms. The SMILES string of the molecule is NNC(=Nc1ccccc1)c1ccc(Br)o1. The summed E-state index contributed by atoms with van der Waals surface area (Å²) in [4.78, 5) is 4.33. The highest BCUT2D eigenvalue weighted by molar-refractivity contribution is 9.10. The number of amidine groups is 1. The molecule has 16 heavy (non-hydrogen) atoms. The van der Waals surface area contributed by atoms with Gasteiger partial charge in [0.05, 0.1) is 5.69 Å². The minimum atomic E-state index is 0.483. The Morgan fingerprint density at radius 1 is 1.19 bits per heavy atom. The number of aliphatic imine (C=N–C) groups is 1. The maximum absolute atomic E-state index is 5.41. The second-order valence-corrected chi connectivity index (χ2v) is 3.83. The van der Waals surface area contributed by atoms with Crippen LogP contribution in [0.1, 0.15) is 5.76 Å². The van der Waals surface area contributed by atoms with Crippen molar-refractivity contribution in [2.24, 2.45) is 10.8 Å². The van der Waals surface area contributed by atoms with Gasteiger partial charge in [0.2, 0.25) is 0 Å². The van der Waals surface area contributed by atoms with Gasteiger partial charge in [-0.05, 0) is 40.2 Å². The topological polar surface area (TPSA) is 63.5 Å². The molecule has 0 atom stereocenters. The van der Waals surface area contributed by atoms with E-state index in [2.05, 4.69) is 26.3 Å². The Bertz CT molecular complexity index is 493. The van der Waals surface area contributed by atoms with Crippen molar-refractivity contribution in [3.8, 4) is 0 Å². The zero-order chi connectivity index (χ0) is 11.4. The number of halogens is 1. The number of para-hydroxylation sites is 1. The molecule has 82 valence electrons. The quantitative estimate of drug-likeness (QED) is 0.384. The van der Waals surface area contributed by atoms with Gasteiger partial charge < -0.3 is 9.84 Å². The maximum atomic E-state index is 5.41. The van der Waals surface area contributed by atoms with Gasteiger partial charge in [0.1, 0.15) is 0 Å². The highest BCUT2D eigenvalue weighted by Crippen LogP contribution is 2.16. The molecule has 3 N–H and O–H groups in total. The predicted molar refractivity (Wildman–Crippen MR) is 66.4 cm³/mol. The first-order valence-electron chi connectivity index (χ1n) is 4.65. The van der Waals surface area contributed by atoms with E-state index in [0.717, 1.165) is 5.69 Å². The molecule has 0 saturated heterocycles. The van der Waals surface area contributed by atoms with Gasteiger partial charge in [-0.25, -0.2) is 10.8 Å². The van der Waals surface area contributed by atoms with Crippen LogP contribution in [0, 0.1) is 0 Å². The molecular formula is C11H10BrN3O. The minimum absolute atomic E-state index is 0.483. The minimum Gasteiger partial charge on any atom is -0.446 e. The van der Waals surface area contributed by atoms with Gasteiger partial charge in [0.15, 0.2) is 16.3 Å². The van der Waals surface area contributed by atoms with Crippen LogP contribution in [0.15, 0.2) is 56.5 Å². The van der Waals surface area contributed by atoms with Crippen LogP contribution in [-0.2, 0) is 0 Å². The third-order valence-corrected chi connectivity index (χ3v) is 2.37. The van der Waals surface area contributed by atoms with Gasteiger partial charge in [0, 0.05) is 0 Å². The number of hydrogen-bond acceptors (Lipinski definition) is 3. The van der Waals surface area contributed by atoms with Crippen LogP contribution >= 0.6 is 15.9 Å². The van der Waals surface area contributed by atoms with E-state index in [0.29, 0.717) is 16.3 Å². The normalized spacial score (nSPS) is 11.5. The van der Waals surface area contributed by atoms with E-state index in [1.165, 1.54) is 0 Å². The maximum Gasteiger partial charge on any atom is 0.184 e. The van der Waals surface area contributed by atoms with Crippen molar-refractivity contribution in [1.29, 1.82) is 0 Å². The molecule has 0 amide bonds. The molecular weight excluding hydrogens is 270 g/mol. The number of nitrogens with one attached hydrogen (secondary N) is 1. The summed E-state index contributed by atoms with van der Waals surface area (Å²) in [6.45, 7) is 0. The lowest BCUT2D eigenvalue weighted by atomic mass is 10.3. The average Bonchev–Trinajstić information content (AvgIpc) is 2.74. The lowest BCUT2D eigenvalue weighted by Crippen LogP contribution is -2.30. The molecule has 0 spiro atoms. The van der Waals surface area contributed by atoms with E-state index in [1.54, 1.807) is 12.1 Å². The van der Waals surface area contributed by atoms with Crippen molar-refractivity contribution < 1.29 is 4.42 Å². The van der Waals surface area contributed by atoms with Crippen molar-refractivity contribution in [2.75, 3.05) is 0 Å². The van der Waals surface area contributed by atoms with Gasteiger partial charge in [-0.3, -0.25) is 0 Å². The van der Waals surface area contributed by atoms with Gasteiger partial charge in [-0.15, -0.1) is 0 Å². The van der Waals surface area contributed by atoms with Crippen molar-refractivity contribution in [3.63, 3.8) is 0 Å². The van der Waals surface area contributed by atoms with E-state index in [-0.39, 0.29) is 0 Å². The molecule has 0 radical (unpaired) electrons. The molecule has 0 aliphatic carbocycles. The summed E-state index contributed by atoms with van der Waals surface area (Å²) in [5.41, 5.74) is 3.32. The first-order chi connectivity index (χ1) is 7.79. The van der Waals surface area contributed by atoms with Crippen LogP contribution in [0.25, 0.3) is 0 Å². The summed E-state index contributed by atoms with van der Waals surface area (Å²) in [5.74, 6) is 6.47. The van der Waals surface area contributed by atoms with Crippen LogP contribution in [0.5, 0.6) is 0 Å². The average molecular weight is 280 g/mol. The molecule has 4 nitrogen and oxygen atoms in total. The van der Waals surface area contributed by atoms with Crippen LogP contribution in [-0.4, -0.2) is 5.84 Å². The Labute approximate surface area is 101 Å². The molecule has 0 aliphatic heterocycles. The van der Waals surface area contributed by atoms with Crippen molar-refractivity contribution in [2.45, 2.75) is 0 Å². The summed E-state index contributed by atoms with van der Waals surface area (Å²) in [5, 5.41) is 0. The molecule has 0 bridgehead atoms. The third kappa shape index (κ3) is 2.50. The van der Waals surface area contributed by atoms with Gasteiger partial charge >= 0.3 is 0 Å². The fourth-order valence-electron chi connectivity index (χ4n) is 1.23. The van der Waals surface area contributed by atoms with E-state index in [4.69, 9.17) is 10.3 Å². The van der Waals surface area contributed by atoms with E-state index in [9.17, 15) is 0 Å². The van der Waals surface area contributed by atoms with Gasteiger partial charge in [-0.2, -0.15) is 0 Å². The van der Waals surface area contributed by atoms with Gasteiger partial charge in [-0.1, -0.05) is 18.2 Å². The van der Waals surface area contributed by atoms with Crippen LogP contribution < -0.4 is 11.3 Å². The zero-order valence-corrected chi connectivity index (χ0v) is 9.94. The second-order valence-electron chi connectivity index (χ2n) is 3.04. The standard InChI is InChI=1S/C11H10BrN3O/c12-10-7-6-9(16-10)11(15-13)14-8-4-2-1-3-5-8/h1-7H,13H2,(H,14,15). The highest BCUT2D eigenvalue weighted by Gasteiger charge is 2.06. The molecule has 2 aromatic rings. The fraction of sp³-hybridized carbons (Fsp3) is 0. The van der Waals surface area contributed by atoms with Gasteiger partial charge in [0.25, 0.3) is 0 Å². The molecule has 0 aliphatic rings. The van der Waals surface area contributed by atoms with Crippen molar-refractivity contribution >= 4 is 27.5 Å². The molecule has 1 heterocycles. The Balaban J connectivity index is 2.33. The van der Waals surface area contributed by atoms with Crippen molar-refractivity contribution in [3.05, 3.63) is 52.9 Å². The number of furan rings is 1. The zero-order valence-electron chi connectivity index (χ0n) is 8.35. The number of hydrogen-bond donors (Lipinski definition) is 2. The number of benzene rings is 1. The lowest BCUT2D eigenvalue weighted by molar-refractivity contribution is 0.529. The number of nitrogens with two attached hydrogens (primary N) is 1. The molecule has 2 rings (SSSR count). The summed E-state index contributed by atoms with van der Waals surface area (Å²) in [7, 11) is 0. The fourth-order valence-corrected chi connectivity index (χ4v) is 1.54. The van der Waals surface area contributed by atoms with Crippen molar-refractivity contribution in [1.82, 2.24) is 5.43 Å². The predicted octanol–water partition coefficient (Wildman–Crippen LogP) is 2.58. The Morgan fingerprint density at radius 2 is 1.94 bits per heavy atom. The number of rotatable bonds is 2. The van der Waals surface area contributed by atoms with E-state index < -0.39 is 0 Å². The lowest BCUT2D eigenvalue weighted by Gasteiger charge is -2.01. The second kappa shape index (κ2) is 4.96. The number of hydrazine groups is 1. The third-order valence-electron chi connectivity index (χ3n) is 1.94. The Morgan fingerprint density at radius 3 is 2.50 bits per heavy atom. The molecule has 0 unspecified atom stereocenters. The summed E-state index contributed by atoms with van der Waals surface area (Å²) < 4.78 is 5.99. The Hall–Kier alpha value is -1.59. The molecule has 0 fully saturated rings. The summed E-state index contributed by atoms with van der Waals surface area (Å²) in [6, 6.07) is 13.1. The Kier molecular flexibility index (Phi) is 3.38. The molecule has 1 aromatic carbocycles. The monoisotopic (exact) mass is 279 g/mol. The van der Waals surface area contributed by atoms with Crippen LogP contribution in [0.2, 0.25) is 0 Å². The number of nitrogens with zero attached hydrogens (tertiary/aromatic N) is 1. The smallest absolute Gasteiger partial charge is 0.184 e. The summed E-state index contributed by atoms with van der Waals surface area (Å²) >= 11 is 3.22. The van der Waals surface area contributed by atoms with Crippen LogP contribution in [0.4, 0.5) is 5.69 Å². The largest absolute Gasteiger partial charge is 0.446 e. The summed E-state index contributed by atoms with van der Waals surface area (Å²) in [6.07, 6.45) is 0.